The molecule has 1 fully saturated rings. The van der Waals surface area contributed by atoms with E-state index in [0.717, 1.165) is 28.6 Å². The van der Waals surface area contributed by atoms with Crippen molar-refractivity contribution in [3.8, 4) is 11.5 Å². The topological polar surface area (TPSA) is 51.9 Å². The molecule has 1 aromatic heterocycles. The zero-order chi connectivity index (χ0) is 15.1. The first-order valence-electron chi connectivity index (χ1n) is 7.06. The van der Waals surface area contributed by atoms with Crippen LogP contribution in [0.4, 0.5) is 0 Å². The summed E-state index contributed by atoms with van der Waals surface area (Å²) < 4.78 is 16.4. The highest BCUT2D eigenvalue weighted by atomic mass is 32.2. The molecule has 1 aromatic carbocycles. The van der Waals surface area contributed by atoms with Gasteiger partial charge in [0.1, 0.15) is 16.9 Å². The number of furan rings is 1. The molecule has 1 saturated heterocycles. The first-order valence-corrected chi connectivity index (χ1v) is 8.11. The quantitative estimate of drug-likeness (QED) is 0.871. The second kappa shape index (κ2) is 5.28. The summed E-state index contributed by atoms with van der Waals surface area (Å²) >= 11 is 1.60. The molecule has 0 N–H and O–H groups in total. The summed E-state index contributed by atoms with van der Waals surface area (Å²) in [5, 5.41) is -0.0633. The number of nitrogens with zero attached hydrogens (tertiary/aromatic N) is 1. The van der Waals surface area contributed by atoms with Gasteiger partial charge in [-0.15, -0.1) is 11.8 Å². The highest BCUT2D eigenvalue weighted by molar-refractivity contribution is 8.00. The number of carbonyl (C=O) groups excluding carboxylic acids is 1. The van der Waals surface area contributed by atoms with Gasteiger partial charge in [0.25, 0.3) is 0 Å². The Labute approximate surface area is 132 Å². The monoisotopic (exact) mass is 317 g/mol. The summed E-state index contributed by atoms with van der Waals surface area (Å²) in [6.07, 6.45) is 0. The van der Waals surface area contributed by atoms with Crippen molar-refractivity contribution >= 4 is 17.7 Å². The maximum atomic E-state index is 12.2. The Morgan fingerprint density at radius 3 is 2.91 bits per heavy atom. The molecule has 4 rings (SSSR count). The molecule has 2 aliphatic heterocycles. The van der Waals surface area contributed by atoms with Crippen LogP contribution < -0.4 is 9.47 Å². The second-order valence-electron chi connectivity index (χ2n) is 5.32. The van der Waals surface area contributed by atoms with Gasteiger partial charge in [-0.25, -0.2) is 0 Å². The van der Waals surface area contributed by atoms with E-state index in [1.165, 1.54) is 0 Å². The maximum absolute atomic E-state index is 12.2. The van der Waals surface area contributed by atoms with Crippen LogP contribution in [0.3, 0.4) is 0 Å². The summed E-state index contributed by atoms with van der Waals surface area (Å²) in [5.74, 6) is 3.79. The molecule has 2 aliphatic rings. The largest absolute Gasteiger partial charge is 0.463 e. The molecule has 1 atom stereocenters. The van der Waals surface area contributed by atoms with Crippen LogP contribution in [0.1, 0.15) is 22.5 Å². The number of hydrogen-bond donors (Lipinski definition) is 0. The van der Waals surface area contributed by atoms with Crippen molar-refractivity contribution in [1.29, 1.82) is 0 Å². The smallest absolute Gasteiger partial charge is 0.234 e. The fourth-order valence-electron chi connectivity index (χ4n) is 2.68. The number of thioether (sulfide) groups is 1. The van der Waals surface area contributed by atoms with Gasteiger partial charge < -0.3 is 18.8 Å². The fraction of sp³-hybridized carbons (Fsp3) is 0.312. The van der Waals surface area contributed by atoms with Crippen LogP contribution in [0.5, 0.6) is 11.5 Å². The summed E-state index contributed by atoms with van der Waals surface area (Å²) in [6.45, 7) is 2.70. The van der Waals surface area contributed by atoms with Gasteiger partial charge in [-0.2, -0.15) is 0 Å². The zero-order valence-electron chi connectivity index (χ0n) is 12.1. The number of amides is 1. The lowest BCUT2D eigenvalue weighted by Crippen LogP contribution is -2.27. The molecule has 0 bridgehead atoms. The first-order chi connectivity index (χ1) is 10.7. The first kappa shape index (κ1) is 13.6. The van der Waals surface area contributed by atoms with Gasteiger partial charge >= 0.3 is 0 Å². The Balaban J connectivity index is 1.58. The minimum atomic E-state index is -0.0633. The van der Waals surface area contributed by atoms with Crippen LogP contribution in [0.2, 0.25) is 0 Å². The normalized spacial score (nSPS) is 20.0. The summed E-state index contributed by atoms with van der Waals surface area (Å²) in [7, 11) is 0. The third kappa shape index (κ3) is 2.33. The lowest BCUT2D eigenvalue weighted by Gasteiger charge is -2.22. The molecule has 0 aliphatic carbocycles. The molecule has 2 aromatic rings. The van der Waals surface area contributed by atoms with Crippen LogP contribution in [0.15, 0.2) is 34.7 Å². The van der Waals surface area contributed by atoms with E-state index in [-0.39, 0.29) is 18.1 Å². The number of hydrogen-bond acceptors (Lipinski definition) is 5. The van der Waals surface area contributed by atoms with Gasteiger partial charge in [-0.3, -0.25) is 4.79 Å². The molecule has 0 spiro atoms. The predicted molar refractivity (Wildman–Crippen MR) is 81.8 cm³/mol. The van der Waals surface area contributed by atoms with E-state index in [4.69, 9.17) is 13.9 Å². The number of ether oxygens (including phenoxy) is 2. The molecule has 1 unspecified atom stereocenters. The molecule has 0 radical (unpaired) electrons. The van der Waals surface area contributed by atoms with Crippen LogP contribution >= 0.6 is 11.8 Å². The molecule has 0 saturated carbocycles. The third-order valence-electron chi connectivity index (χ3n) is 3.76. The Hall–Kier alpha value is -2.08. The van der Waals surface area contributed by atoms with E-state index in [1.807, 2.05) is 42.2 Å². The van der Waals surface area contributed by atoms with Crippen molar-refractivity contribution in [2.75, 3.05) is 12.5 Å². The number of fused-ring (bicyclic) bond motifs is 1. The standard InChI is InChI=1S/C16H15NO4S/c1-10-2-4-13(21-10)16-17(15(18)8-22-16)7-11-3-5-12-14(6-11)20-9-19-12/h2-6,16H,7-9H2,1H3. The van der Waals surface area contributed by atoms with Crippen LogP contribution in [0, 0.1) is 6.92 Å². The lowest BCUT2D eigenvalue weighted by atomic mass is 10.2. The van der Waals surface area contributed by atoms with Gasteiger partial charge in [0.15, 0.2) is 11.5 Å². The van der Waals surface area contributed by atoms with E-state index in [9.17, 15) is 4.79 Å². The summed E-state index contributed by atoms with van der Waals surface area (Å²) in [4.78, 5) is 14.1. The maximum Gasteiger partial charge on any atom is 0.234 e. The molecular formula is C16H15NO4S. The van der Waals surface area contributed by atoms with Crippen molar-refractivity contribution in [1.82, 2.24) is 4.90 Å². The van der Waals surface area contributed by atoms with Crippen molar-refractivity contribution in [2.24, 2.45) is 0 Å². The highest BCUT2D eigenvalue weighted by Gasteiger charge is 2.35. The Morgan fingerprint density at radius 2 is 2.09 bits per heavy atom. The Morgan fingerprint density at radius 1 is 1.23 bits per heavy atom. The molecule has 114 valence electrons. The number of carbonyl (C=O) groups is 1. The van der Waals surface area contributed by atoms with Gasteiger partial charge in [-0.05, 0) is 36.8 Å². The average Bonchev–Trinajstić information content (AvgIpc) is 3.20. The minimum Gasteiger partial charge on any atom is -0.463 e. The molecule has 5 nitrogen and oxygen atoms in total. The average molecular weight is 317 g/mol. The van der Waals surface area contributed by atoms with E-state index < -0.39 is 0 Å². The molecular weight excluding hydrogens is 302 g/mol. The SMILES string of the molecule is Cc1ccc(C2SCC(=O)N2Cc2ccc3c(c2)OCO3)o1. The second-order valence-corrected chi connectivity index (χ2v) is 6.39. The van der Waals surface area contributed by atoms with E-state index in [2.05, 4.69) is 0 Å². The zero-order valence-corrected chi connectivity index (χ0v) is 12.9. The van der Waals surface area contributed by atoms with Crippen molar-refractivity contribution < 1.29 is 18.7 Å². The van der Waals surface area contributed by atoms with Gasteiger partial charge in [0.05, 0.1) is 5.75 Å². The van der Waals surface area contributed by atoms with E-state index in [0.29, 0.717) is 12.3 Å². The number of benzene rings is 1. The fourth-order valence-corrected chi connectivity index (χ4v) is 3.81. The lowest BCUT2D eigenvalue weighted by molar-refractivity contribution is -0.128. The molecule has 1 amide bonds. The summed E-state index contributed by atoms with van der Waals surface area (Å²) in [5.41, 5.74) is 1.02. The van der Waals surface area contributed by atoms with Crippen LogP contribution in [-0.4, -0.2) is 23.4 Å². The van der Waals surface area contributed by atoms with E-state index in [1.54, 1.807) is 11.8 Å². The number of rotatable bonds is 3. The van der Waals surface area contributed by atoms with Gasteiger partial charge in [0, 0.05) is 6.54 Å². The van der Waals surface area contributed by atoms with Crippen molar-refractivity contribution in [3.05, 3.63) is 47.4 Å². The summed E-state index contributed by atoms with van der Waals surface area (Å²) in [6, 6.07) is 9.66. The molecule has 6 heteroatoms. The van der Waals surface area contributed by atoms with Gasteiger partial charge in [0.2, 0.25) is 12.7 Å². The van der Waals surface area contributed by atoms with E-state index >= 15 is 0 Å². The minimum absolute atomic E-state index is 0.0633. The Bertz CT molecular complexity index is 727. The van der Waals surface area contributed by atoms with Crippen LogP contribution in [0.25, 0.3) is 0 Å². The Kier molecular flexibility index (Phi) is 3.26. The number of aryl methyl sites for hydroxylation is 1. The third-order valence-corrected chi connectivity index (χ3v) is 4.98. The van der Waals surface area contributed by atoms with Crippen molar-refractivity contribution in [2.45, 2.75) is 18.8 Å². The predicted octanol–water partition coefficient (Wildman–Crippen LogP) is 3.09. The highest BCUT2D eigenvalue weighted by Crippen LogP contribution is 2.41. The van der Waals surface area contributed by atoms with Crippen LogP contribution in [-0.2, 0) is 11.3 Å². The van der Waals surface area contributed by atoms with Gasteiger partial charge in [-0.1, -0.05) is 6.07 Å². The molecule has 22 heavy (non-hydrogen) atoms. The van der Waals surface area contributed by atoms with Crippen molar-refractivity contribution in [3.63, 3.8) is 0 Å². The molecule has 3 heterocycles.